The molecule has 1 aliphatic heterocycles. The van der Waals surface area contributed by atoms with Gasteiger partial charge in [-0.2, -0.15) is 5.10 Å². The molecule has 0 radical (unpaired) electrons. The Labute approximate surface area is 150 Å². The lowest BCUT2D eigenvalue weighted by Crippen LogP contribution is -2.48. The topological polar surface area (TPSA) is 112 Å². The normalized spacial score (nSPS) is 20.8. The maximum Gasteiger partial charge on any atom is 0.340 e. The van der Waals surface area contributed by atoms with Crippen LogP contribution in [0.15, 0.2) is 29.1 Å². The Morgan fingerprint density at radius 3 is 2.85 bits per heavy atom. The Bertz CT molecular complexity index is 837. The molecule has 2 heterocycles. The minimum absolute atomic E-state index is 0.101. The minimum atomic E-state index is -0.389. The first-order valence-electron chi connectivity index (χ1n) is 9.09. The van der Waals surface area contributed by atoms with Crippen molar-refractivity contribution in [2.24, 2.45) is 0 Å². The summed E-state index contributed by atoms with van der Waals surface area (Å²) in [6, 6.07) is 7.51. The molecule has 1 saturated carbocycles. The van der Waals surface area contributed by atoms with E-state index >= 15 is 0 Å². The average molecular weight is 357 g/mol. The molecule has 1 unspecified atom stereocenters. The van der Waals surface area contributed by atoms with Gasteiger partial charge in [-0.3, -0.25) is 4.98 Å². The summed E-state index contributed by atoms with van der Waals surface area (Å²) in [5.74, 6) is 1.25. The lowest BCUT2D eigenvalue weighted by molar-refractivity contribution is -0.00120. The van der Waals surface area contributed by atoms with Crippen LogP contribution in [0, 0.1) is 0 Å². The predicted octanol–water partition coefficient (Wildman–Crippen LogP) is 2.12. The summed E-state index contributed by atoms with van der Waals surface area (Å²) in [5.41, 5.74) is 0.435. The fourth-order valence-corrected chi connectivity index (χ4v) is 4.01. The van der Waals surface area contributed by atoms with Crippen LogP contribution in [-0.2, 0) is 6.54 Å². The van der Waals surface area contributed by atoms with Gasteiger partial charge < -0.3 is 15.4 Å². The summed E-state index contributed by atoms with van der Waals surface area (Å²) in [6.45, 7) is 0.153. The van der Waals surface area contributed by atoms with Crippen molar-refractivity contribution in [1.29, 1.82) is 0 Å². The number of hydrogen-bond acceptors (Lipinski definition) is 4. The number of aromatic nitrogens is 3. The Morgan fingerprint density at radius 1 is 1.27 bits per heavy atom. The number of ether oxygens (including phenoxy) is 1. The highest BCUT2D eigenvalue weighted by Crippen LogP contribution is 2.45. The van der Waals surface area contributed by atoms with Crippen molar-refractivity contribution in [1.82, 2.24) is 25.8 Å². The van der Waals surface area contributed by atoms with Crippen LogP contribution in [0.1, 0.15) is 56.0 Å². The lowest BCUT2D eigenvalue weighted by Gasteiger charge is -2.44. The van der Waals surface area contributed by atoms with Gasteiger partial charge in [0.25, 0.3) is 0 Å². The molecule has 1 aromatic heterocycles. The van der Waals surface area contributed by atoms with Crippen LogP contribution in [0.5, 0.6) is 5.75 Å². The van der Waals surface area contributed by atoms with Gasteiger partial charge in [-0.05, 0) is 31.7 Å². The van der Waals surface area contributed by atoms with E-state index in [1.54, 1.807) is 0 Å². The van der Waals surface area contributed by atoms with Crippen LogP contribution < -0.4 is 21.1 Å². The van der Waals surface area contributed by atoms with E-state index in [4.69, 9.17) is 4.74 Å². The third-order valence-corrected chi connectivity index (χ3v) is 5.23. The molecule has 1 aliphatic carbocycles. The number of aromatic amines is 2. The van der Waals surface area contributed by atoms with E-state index in [9.17, 15) is 9.59 Å². The quantitative estimate of drug-likeness (QED) is 0.674. The van der Waals surface area contributed by atoms with Crippen LogP contribution in [0.2, 0.25) is 0 Å². The third kappa shape index (κ3) is 3.44. The first-order chi connectivity index (χ1) is 12.6. The van der Waals surface area contributed by atoms with Crippen LogP contribution >= 0.6 is 0 Å². The molecule has 1 spiro atoms. The molecule has 0 saturated heterocycles. The van der Waals surface area contributed by atoms with E-state index in [0.29, 0.717) is 5.82 Å². The minimum Gasteiger partial charge on any atom is -0.487 e. The SMILES string of the molecule is O=C(NCc1n[nH]c(=O)[nH]1)NC1CC2(CCCCC2)Oc2ccccc21. The summed E-state index contributed by atoms with van der Waals surface area (Å²) < 4.78 is 6.38. The Morgan fingerprint density at radius 2 is 2.08 bits per heavy atom. The Kier molecular flexibility index (Phi) is 4.40. The first kappa shape index (κ1) is 16.7. The summed E-state index contributed by atoms with van der Waals surface area (Å²) >= 11 is 0. The van der Waals surface area contributed by atoms with Gasteiger partial charge in [0, 0.05) is 12.0 Å². The first-order valence-corrected chi connectivity index (χ1v) is 9.09. The summed E-state index contributed by atoms with van der Waals surface area (Å²) in [5, 5.41) is 11.9. The highest BCUT2D eigenvalue weighted by atomic mass is 16.5. The van der Waals surface area contributed by atoms with Gasteiger partial charge in [0.05, 0.1) is 12.6 Å². The second kappa shape index (κ2) is 6.86. The number of amides is 2. The monoisotopic (exact) mass is 357 g/mol. The fourth-order valence-electron chi connectivity index (χ4n) is 4.01. The number of nitrogens with zero attached hydrogens (tertiary/aromatic N) is 1. The van der Waals surface area contributed by atoms with Crippen molar-refractivity contribution in [3.05, 3.63) is 46.1 Å². The molecule has 4 N–H and O–H groups in total. The number of rotatable bonds is 3. The molecular weight excluding hydrogens is 334 g/mol. The van der Waals surface area contributed by atoms with E-state index in [1.807, 2.05) is 24.3 Å². The highest BCUT2D eigenvalue weighted by Gasteiger charge is 2.42. The number of urea groups is 1. The van der Waals surface area contributed by atoms with Crippen LogP contribution in [-0.4, -0.2) is 26.8 Å². The number of nitrogens with one attached hydrogen (secondary N) is 4. The predicted molar refractivity (Wildman–Crippen MR) is 94.8 cm³/mol. The lowest BCUT2D eigenvalue weighted by atomic mass is 9.77. The van der Waals surface area contributed by atoms with Crippen LogP contribution in [0.4, 0.5) is 4.79 Å². The molecule has 8 nitrogen and oxygen atoms in total. The molecule has 26 heavy (non-hydrogen) atoms. The molecule has 1 aromatic carbocycles. The largest absolute Gasteiger partial charge is 0.487 e. The highest BCUT2D eigenvalue weighted by molar-refractivity contribution is 5.74. The number of benzene rings is 1. The molecule has 1 fully saturated rings. The molecular formula is C18H23N5O3. The molecule has 8 heteroatoms. The zero-order valence-electron chi connectivity index (χ0n) is 14.5. The van der Waals surface area contributed by atoms with Crippen molar-refractivity contribution >= 4 is 6.03 Å². The molecule has 2 aromatic rings. The number of carbonyl (C=O) groups is 1. The Hall–Kier alpha value is -2.77. The van der Waals surface area contributed by atoms with Gasteiger partial charge in [-0.1, -0.05) is 24.6 Å². The maximum atomic E-state index is 12.4. The van der Waals surface area contributed by atoms with Crippen molar-refractivity contribution in [3.8, 4) is 5.75 Å². The maximum absolute atomic E-state index is 12.4. The van der Waals surface area contributed by atoms with Crippen molar-refractivity contribution < 1.29 is 9.53 Å². The fraction of sp³-hybridized carbons (Fsp3) is 0.500. The van der Waals surface area contributed by atoms with E-state index in [2.05, 4.69) is 25.8 Å². The zero-order chi connectivity index (χ0) is 18.0. The second-order valence-electron chi connectivity index (χ2n) is 7.09. The Balaban J connectivity index is 1.47. The standard InChI is InChI=1S/C18H23N5O3/c24-16(19-11-15-21-17(25)23-22-15)20-13-10-18(8-4-1-5-9-18)26-14-7-3-2-6-12(13)14/h2-3,6-7,13H,1,4-5,8-11H2,(H2,19,20,24)(H2,21,22,23,25). The van der Waals surface area contributed by atoms with E-state index < -0.39 is 0 Å². The van der Waals surface area contributed by atoms with Gasteiger partial charge in [0.2, 0.25) is 0 Å². The zero-order valence-corrected chi connectivity index (χ0v) is 14.5. The molecule has 2 aliphatic rings. The van der Waals surface area contributed by atoms with Gasteiger partial charge in [0.15, 0.2) is 0 Å². The van der Waals surface area contributed by atoms with E-state index in [-0.39, 0.29) is 29.9 Å². The third-order valence-electron chi connectivity index (χ3n) is 5.23. The van der Waals surface area contributed by atoms with E-state index in [0.717, 1.165) is 43.4 Å². The number of hydrogen-bond donors (Lipinski definition) is 4. The van der Waals surface area contributed by atoms with Crippen molar-refractivity contribution in [2.75, 3.05) is 0 Å². The molecule has 138 valence electrons. The second-order valence-corrected chi connectivity index (χ2v) is 7.09. The van der Waals surface area contributed by atoms with E-state index in [1.165, 1.54) is 6.42 Å². The summed E-state index contributed by atoms with van der Waals surface area (Å²) in [7, 11) is 0. The smallest absolute Gasteiger partial charge is 0.340 e. The molecule has 4 rings (SSSR count). The molecule has 2 amide bonds. The number of carbonyl (C=O) groups excluding carboxylic acids is 1. The van der Waals surface area contributed by atoms with Gasteiger partial charge in [0.1, 0.15) is 17.2 Å². The van der Waals surface area contributed by atoms with Gasteiger partial charge in [-0.25, -0.2) is 14.7 Å². The van der Waals surface area contributed by atoms with Gasteiger partial charge >= 0.3 is 11.7 Å². The number of fused-ring (bicyclic) bond motifs is 1. The van der Waals surface area contributed by atoms with Crippen molar-refractivity contribution in [3.63, 3.8) is 0 Å². The average Bonchev–Trinajstić information content (AvgIpc) is 3.06. The molecule has 0 bridgehead atoms. The summed E-state index contributed by atoms with van der Waals surface area (Å²) in [6.07, 6.45) is 6.39. The molecule has 1 atom stereocenters. The van der Waals surface area contributed by atoms with Crippen LogP contribution in [0.25, 0.3) is 0 Å². The number of H-pyrrole nitrogens is 2. The number of para-hydroxylation sites is 1. The summed E-state index contributed by atoms with van der Waals surface area (Å²) in [4.78, 5) is 25.9. The van der Waals surface area contributed by atoms with Crippen molar-refractivity contribution in [2.45, 2.75) is 56.7 Å². The van der Waals surface area contributed by atoms with Gasteiger partial charge in [-0.15, -0.1) is 0 Å². The van der Waals surface area contributed by atoms with Crippen LogP contribution in [0.3, 0.4) is 0 Å².